The second-order valence-corrected chi connectivity index (χ2v) is 20.2. The van der Waals surface area contributed by atoms with E-state index in [0.29, 0.717) is 28.2 Å². The van der Waals surface area contributed by atoms with Gasteiger partial charge in [0.1, 0.15) is 41.5 Å². The first-order valence-corrected chi connectivity index (χ1v) is 23.3. The number of hydrogen-bond donors (Lipinski definition) is 1. The predicted octanol–water partition coefficient (Wildman–Crippen LogP) is 5.69. The molecule has 2 aromatic carbocycles. The predicted molar refractivity (Wildman–Crippen MR) is 245 cm³/mol. The molecular formula is C51H62BNO16. The number of amides is 1. The Morgan fingerprint density at radius 1 is 0.942 bits per heavy atom. The van der Waals surface area contributed by atoms with E-state index < -0.39 is 125 Å². The van der Waals surface area contributed by atoms with Crippen molar-refractivity contribution in [2.24, 2.45) is 22.7 Å². The Bertz CT molecular complexity index is 2410. The highest BCUT2D eigenvalue weighted by atomic mass is 16.7. The average Bonchev–Trinajstić information content (AvgIpc) is 3.66. The van der Waals surface area contributed by atoms with E-state index >= 15 is 4.79 Å². The third kappa shape index (κ3) is 8.13. The van der Waals surface area contributed by atoms with Crippen molar-refractivity contribution in [3.05, 3.63) is 83.5 Å². The van der Waals surface area contributed by atoms with E-state index in [9.17, 15) is 24.3 Å². The molecule has 370 valence electrons. The molecule has 5 fully saturated rings. The Labute approximate surface area is 403 Å². The third-order valence-corrected chi connectivity index (χ3v) is 15.5. The number of ether oxygens (including phenoxy) is 10. The molecule has 0 aromatic heterocycles. The number of methoxy groups -OCH3 is 2. The van der Waals surface area contributed by atoms with Gasteiger partial charge in [0.25, 0.3) is 0 Å². The molecule has 3 heterocycles. The first-order valence-electron chi connectivity index (χ1n) is 23.3. The molecule has 2 aromatic rings. The SMILES string of the molecule is [B]C(=O)N1C(c2ccc(OC)cc2OC)O[C@@H](C(=O)O[C@H]2C[C@@]3(O)[C@@H](OC(=O)c4ccccc4)[C@@H]4[C@]5(OC(C)=O)CO[C@@H]5C[C@@H]5OC(C=C)OC([C@@H](OC(C)=O)C(=C2C)C3(C)C)[C@]54C)[C@@H]1CC(C)C. The van der Waals surface area contributed by atoms with Crippen LogP contribution in [0.5, 0.6) is 11.5 Å². The maximum atomic E-state index is 15.1. The maximum absolute atomic E-state index is 15.1. The van der Waals surface area contributed by atoms with Gasteiger partial charge in [-0.2, -0.15) is 0 Å². The molecule has 18 heteroatoms. The molecule has 17 nitrogen and oxygen atoms in total. The molecule has 1 amide bonds. The Morgan fingerprint density at radius 3 is 2.23 bits per heavy atom. The summed E-state index contributed by atoms with van der Waals surface area (Å²) in [5.74, 6) is -4.37. The summed E-state index contributed by atoms with van der Waals surface area (Å²) < 4.78 is 63.2. The monoisotopic (exact) mass is 955 g/mol. The largest absolute Gasteiger partial charge is 0.497 e. The number of rotatable bonds is 12. The van der Waals surface area contributed by atoms with Crippen molar-refractivity contribution in [2.45, 2.75) is 147 Å². The summed E-state index contributed by atoms with van der Waals surface area (Å²) in [5.41, 5.74) is -5.35. The highest BCUT2D eigenvalue weighted by molar-refractivity contribution is 6.57. The van der Waals surface area contributed by atoms with Gasteiger partial charge in [0.05, 0.1) is 44.5 Å². The van der Waals surface area contributed by atoms with E-state index in [1.807, 2.05) is 20.8 Å². The molecule has 8 rings (SSSR count). The molecule has 0 spiro atoms. The zero-order chi connectivity index (χ0) is 50.1. The fourth-order valence-corrected chi connectivity index (χ4v) is 12.4. The van der Waals surface area contributed by atoms with E-state index in [0.717, 1.165) is 0 Å². The smallest absolute Gasteiger partial charge is 0.338 e. The van der Waals surface area contributed by atoms with Crippen LogP contribution in [0.3, 0.4) is 0 Å². The summed E-state index contributed by atoms with van der Waals surface area (Å²) in [6, 6.07) is 12.2. The van der Waals surface area contributed by atoms with Crippen LogP contribution >= 0.6 is 0 Å². The zero-order valence-electron chi connectivity index (χ0n) is 40.8. The molecule has 3 aliphatic heterocycles. The molecule has 2 radical (unpaired) electrons. The molecule has 2 bridgehead atoms. The first-order chi connectivity index (χ1) is 32.6. The molecule has 2 saturated carbocycles. The van der Waals surface area contributed by atoms with Gasteiger partial charge >= 0.3 is 23.9 Å². The van der Waals surface area contributed by atoms with E-state index in [4.69, 9.17) is 55.2 Å². The Morgan fingerprint density at radius 2 is 1.65 bits per heavy atom. The molecule has 6 aliphatic rings. The zero-order valence-corrected chi connectivity index (χ0v) is 40.8. The van der Waals surface area contributed by atoms with Gasteiger partial charge in [-0.3, -0.25) is 14.4 Å². The highest BCUT2D eigenvalue weighted by Crippen LogP contribution is 2.67. The quantitative estimate of drug-likeness (QED) is 0.118. The van der Waals surface area contributed by atoms with Crippen LogP contribution in [0.25, 0.3) is 0 Å². The minimum absolute atomic E-state index is 0.0696. The van der Waals surface area contributed by atoms with Crippen LogP contribution in [-0.2, 0) is 52.3 Å². The molecule has 1 N–H and O–H groups in total. The second kappa shape index (κ2) is 18.5. The maximum Gasteiger partial charge on any atom is 0.338 e. The van der Waals surface area contributed by atoms with Gasteiger partial charge < -0.3 is 57.4 Å². The summed E-state index contributed by atoms with van der Waals surface area (Å²) in [6.07, 6.45) is -9.11. The van der Waals surface area contributed by atoms with Crippen molar-refractivity contribution in [1.82, 2.24) is 4.90 Å². The van der Waals surface area contributed by atoms with Crippen molar-refractivity contribution in [3.8, 4) is 11.5 Å². The fourth-order valence-electron chi connectivity index (χ4n) is 12.4. The van der Waals surface area contributed by atoms with Gasteiger partial charge in [0, 0.05) is 49.1 Å². The van der Waals surface area contributed by atoms with Crippen LogP contribution < -0.4 is 9.47 Å². The summed E-state index contributed by atoms with van der Waals surface area (Å²) in [7, 11) is 9.04. The number of nitrogens with zero attached hydrogens (tertiary/aromatic N) is 1. The number of carbonyl (C=O) groups is 5. The molecule has 3 saturated heterocycles. The minimum atomic E-state index is -2.23. The van der Waals surface area contributed by atoms with Crippen LogP contribution in [0.1, 0.15) is 96.8 Å². The second-order valence-electron chi connectivity index (χ2n) is 20.2. The van der Waals surface area contributed by atoms with Gasteiger partial charge in [-0.15, -0.1) is 0 Å². The average molecular weight is 956 g/mol. The summed E-state index contributed by atoms with van der Waals surface area (Å²) >= 11 is 0. The van der Waals surface area contributed by atoms with Crippen LogP contribution in [-0.4, -0.2) is 135 Å². The van der Waals surface area contributed by atoms with E-state index in [1.165, 1.54) is 39.0 Å². The number of carbonyl (C=O) groups excluding carboxylic acids is 5. The van der Waals surface area contributed by atoms with Gasteiger partial charge in [-0.05, 0) is 60.8 Å². The van der Waals surface area contributed by atoms with Crippen molar-refractivity contribution in [2.75, 3.05) is 20.8 Å². The highest BCUT2D eigenvalue weighted by Gasteiger charge is 2.80. The van der Waals surface area contributed by atoms with Crippen LogP contribution in [0, 0.1) is 22.7 Å². The minimum Gasteiger partial charge on any atom is -0.497 e. The molecule has 69 heavy (non-hydrogen) atoms. The van der Waals surface area contributed by atoms with Crippen molar-refractivity contribution in [1.29, 1.82) is 0 Å². The van der Waals surface area contributed by atoms with Crippen LogP contribution in [0.15, 0.2) is 72.3 Å². The number of fused-ring (bicyclic) bond motifs is 4. The molecular weight excluding hydrogens is 893 g/mol. The Hall–Kier alpha value is -5.27. The van der Waals surface area contributed by atoms with Crippen LogP contribution in [0.4, 0.5) is 4.79 Å². The lowest BCUT2D eigenvalue weighted by Crippen LogP contribution is -2.83. The normalized spacial score (nSPS) is 36.3. The van der Waals surface area contributed by atoms with Gasteiger partial charge in [-0.25, -0.2) is 9.59 Å². The Kier molecular flexibility index (Phi) is 13.4. The van der Waals surface area contributed by atoms with E-state index in [1.54, 1.807) is 69.3 Å². The lowest BCUT2D eigenvalue weighted by Gasteiger charge is -2.71. The van der Waals surface area contributed by atoms with Gasteiger partial charge in [0.15, 0.2) is 36.1 Å². The number of aliphatic hydroxyl groups is 1. The standard InChI is InChI=1S/C51H62BNO16/c1-12-37-65-35-22-36-50(24-62-36,69-28(6)55)41-43(68-45(56)29-16-14-13-15-17-29)51(59)23-34(26(4)38(48(51,7)8)40(63-27(5)54)42(66-37)49(35,41)9)64-46(57)39-32(20-25(2)3)53(47(52)58)44(67-39)31-19-18-30(60-10)21-33(31)61-11/h12-19,21,25,32,34-37,39-44,59H,1,20,22-24H2,2-11H3/t32-,34-,35-,36+,37?,39+,40-,41-,42?,43-,44?,49+,50-,51+/m0/s1. The van der Waals surface area contributed by atoms with Gasteiger partial charge in [-0.1, -0.05) is 59.4 Å². The molecule has 14 atom stereocenters. The van der Waals surface area contributed by atoms with Crippen molar-refractivity contribution in [3.63, 3.8) is 0 Å². The lowest BCUT2D eigenvalue weighted by atomic mass is 9.44. The molecule has 3 unspecified atom stereocenters. The first kappa shape index (κ1) is 50.1. The summed E-state index contributed by atoms with van der Waals surface area (Å²) in [6.45, 7) is 17.2. The summed E-state index contributed by atoms with van der Waals surface area (Å²) in [4.78, 5) is 71.3. The van der Waals surface area contributed by atoms with Crippen LogP contribution in [0.2, 0.25) is 0 Å². The summed E-state index contributed by atoms with van der Waals surface area (Å²) in [5, 5.41) is 14.1. The fraction of sp³-hybridized carbons (Fsp3) is 0.588. The van der Waals surface area contributed by atoms with Gasteiger partial charge in [0.2, 0.25) is 7.85 Å². The van der Waals surface area contributed by atoms with E-state index in [2.05, 4.69) is 6.58 Å². The van der Waals surface area contributed by atoms with Crippen molar-refractivity contribution < 1.29 is 76.4 Å². The number of hydrogen-bond acceptors (Lipinski definition) is 16. The third-order valence-electron chi connectivity index (χ3n) is 15.5. The van der Waals surface area contributed by atoms with E-state index in [-0.39, 0.29) is 30.9 Å². The lowest BCUT2D eigenvalue weighted by molar-refractivity contribution is -0.405. The van der Waals surface area contributed by atoms with Crippen molar-refractivity contribution >= 4 is 37.5 Å². The topological polar surface area (TPSA) is 201 Å². The Balaban J connectivity index is 1.32. The number of esters is 4. The number of benzene rings is 2. The molecule has 3 aliphatic carbocycles.